The second-order valence-corrected chi connectivity index (χ2v) is 7.14. The van der Waals surface area contributed by atoms with Crippen molar-refractivity contribution < 1.29 is 13.2 Å². The molecule has 4 nitrogen and oxygen atoms in total. The van der Waals surface area contributed by atoms with Crippen LogP contribution >= 0.6 is 0 Å². The van der Waals surface area contributed by atoms with Gasteiger partial charge in [0.25, 0.3) is 5.56 Å². The van der Waals surface area contributed by atoms with E-state index in [-0.39, 0.29) is 23.8 Å². The quantitative estimate of drug-likeness (QED) is 0.870. The van der Waals surface area contributed by atoms with Gasteiger partial charge in [0.15, 0.2) is 0 Å². The fourth-order valence-electron chi connectivity index (χ4n) is 4.21. The van der Waals surface area contributed by atoms with Gasteiger partial charge < -0.3 is 5.73 Å². The first kappa shape index (κ1) is 15.6. The van der Waals surface area contributed by atoms with Crippen molar-refractivity contribution in [3.63, 3.8) is 0 Å². The average molecular weight is 337 g/mol. The molecule has 2 N–H and O–H groups in total. The number of halogens is 3. The third kappa shape index (κ3) is 2.10. The van der Waals surface area contributed by atoms with Crippen molar-refractivity contribution in [2.45, 2.75) is 56.5 Å². The maximum Gasteiger partial charge on any atom is 0.261 e. The van der Waals surface area contributed by atoms with E-state index in [1.807, 2.05) is 0 Å². The molecule has 0 unspecified atom stereocenters. The number of nitrogens with two attached hydrogens (primary N) is 1. The number of alkyl halides is 2. The Morgan fingerprint density at radius 1 is 1.29 bits per heavy atom. The van der Waals surface area contributed by atoms with Crippen LogP contribution in [0.5, 0.6) is 0 Å². The number of rotatable bonds is 1. The van der Waals surface area contributed by atoms with Crippen LogP contribution in [0.25, 0.3) is 10.9 Å². The topological polar surface area (TPSA) is 60.9 Å². The SMILES string of the molecule is C[C@@H](N)c1cc(F)cc2c(=O)n3c(nc12)[C@]1(CC3)CCC(F)(F)C1. The summed E-state index contributed by atoms with van der Waals surface area (Å²) in [5.74, 6) is -2.87. The van der Waals surface area contributed by atoms with Crippen LogP contribution in [0, 0.1) is 5.82 Å². The van der Waals surface area contributed by atoms with E-state index in [4.69, 9.17) is 5.73 Å². The molecule has 1 aromatic heterocycles. The van der Waals surface area contributed by atoms with Crippen molar-refractivity contribution in [3.8, 4) is 0 Å². The molecule has 24 heavy (non-hydrogen) atoms. The van der Waals surface area contributed by atoms with Crippen LogP contribution in [-0.2, 0) is 12.0 Å². The Hall–Kier alpha value is -1.89. The normalized spacial score (nSPS) is 26.2. The zero-order chi connectivity index (χ0) is 17.3. The third-order valence-electron chi connectivity index (χ3n) is 5.40. The minimum atomic E-state index is -2.73. The van der Waals surface area contributed by atoms with Crippen LogP contribution in [0.15, 0.2) is 16.9 Å². The Labute approximate surface area is 136 Å². The molecule has 1 aromatic carbocycles. The van der Waals surface area contributed by atoms with Crippen LogP contribution in [0.2, 0.25) is 0 Å². The van der Waals surface area contributed by atoms with E-state index < -0.39 is 23.2 Å². The lowest BCUT2D eigenvalue weighted by Crippen LogP contribution is -2.28. The highest BCUT2D eigenvalue weighted by molar-refractivity contribution is 5.82. The van der Waals surface area contributed by atoms with Gasteiger partial charge >= 0.3 is 0 Å². The number of fused-ring (bicyclic) bond motifs is 3. The lowest BCUT2D eigenvalue weighted by atomic mass is 9.84. The molecule has 1 spiro atoms. The van der Waals surface area contributed by atoms with Crippen molar-refractivity contribution in [2.24, 2.45) is 5.73 Å². The summed E-state index contributed by atoms with van der Waals surface area (Å²) in [6.07, 6.45) is 0.306. The first-order valence-electron chi connectivity index (χ1n) is 8.10. The molecule has 0 saturated heterocycles. The van der Waals surface area contributed by atoms with Crippen LogP contribution in [0.1, 0.15) is 50.0 Å². The summed E-state index contributed by atoms with van der Waals surface area (Å²) in [7, 11) is 0. The molecule has 1 aliphatic carbocycles. The molecule has 1 fully saturated rings. The number of aromatic nitrogens is 2. The second-order valence-electron chi connectivity index (χ2n) is 7.14. The standard InChI is InChI=1S/C17H18F3N3O/c1-9(21)11-6-10(18)7-12-13(11)22-15-16(2-3-17(19,20)8-16)4-5-23(15)14(12)24/h6-7,9H,2-5,8,21H2,1H3/t9-,16+/m1/s1. The minimum Gasteiger partial charge on any atom is -0.324 e. The number of benzene rings is 1. The predicted molar refractivity (Wildman–Crippen MR) is 83.7 cm³/mol. The molecular weight excluding hydrogens is 319 g/mol. The highest BCUT2D eigenvalue weighted by Gasteiger charge is 2.54. The van der Waals surface area contributed by atoms with Gasteiger partial charge in [0.1, 0.15) is 11.6 Å². The van der Waals surface area contributed by atoms with Crippen molar-refractivity contribution in [2.75, 3.05) is 0 Å². The third-order valence-corrected chi connectivity index (χ3v) is 5.40. The monoisotopic (exact) mass is 337 g/mol. The maximum absolute atomic E-state index is 13.9. The van der Waals surface area contributed by atoms with E-state index in [9.17, 15) is 18.0 Å². The summed E-state index contributed by atoms with van der Waals surface area (Å²) < 4.78 is 42.9. The molecule has 1 saturated carbocycles. The molecule has 2 atom stereocenters. The predicted octanol–water partition coefficient (Wildman–Crippen LogP) is 3.02. The smallest absolute Gasteiger partial charge is 0.261 e. The molecule has 128 valence electrons. The molecule has 2 aromatic rings. The van der Waals surface area contributed by atoms with Gasteiger partial charge in [-0.2, -0.15) is 0 Å². The van der Waals surface area contributed by atoms with E-state index in [2.05, 4.69) is 4.98 Å². The van der Waals surface area contributed by atoms with Gasteiger partial charge in [0.05, 0.1) is 10.9 Å². The largest absolute Gasteiger partial charge is 0.324 e. The highest BCUT2D eigenvalue weighted by atomic mass is 19.3. The minimum absolute atomic E-state index is 0.160. The van der Waals surface area contributed by atoms with E-state index in [1.54, 1.807) is 6.92 Å². The summed E-state index contributed by atoms with van der Waals surface area (Å²) in [6.45, 7) is 2.03. The summed E-state index contributed by atoms with van der Waals surface area (Å²) in [6, 6.07) is 1.90. The van der Waals surface area contributed by atoms with Crippen LogP contribution in [0.4, 0.5) is 13.2 Å². The first-order chi connectivity index (χ1) is 11.2. The highest BCUT2D eigenvalue weighted by Crippen LogP contribution is 2.52. The zero-order valence-corrected chi connectivity index (χ0v) is 13.3. The molecule has 0 bridgehead atoms. The molecule has 7 heteroatoms. The van der Waals surface area contributed by atoms with Gasteiger partial charge in [0, 0.05) is 30.8 Å². The molecule has 0 amide bonds. The molecule has 1 aliphatic heterocycles. The Morgan fingerprint density at radius 3 is 2.67 bits per heavy atom. The first-order valence-corrected chi connectivity index (χ1v) is 8.10. The summed E-state index contributed by atoms with van der Waals surface area (Å²) in [5.41, 5.74) is 5.52. The van der Waals surface area contributed by atoms with E-state index in [0.29, 0.717) is 36.3 Å². The average Bonchev–Trinajstić information content (AvgIpc) is 3.00. The van der Waals surface area contributed by atoms with Crippen molar-refractivity contribution in [1.29, 1.82) is 0 Å². The second kappa shape index (κ2) is 4.81. The Morgan fingerprint density at radius 2 is 2.04 bits per heavy atom. The number of nitrogens with zero attached hydrogens (tertiary/aromatic N) is 2. The molecule has 0 radical (unpaired) electrons. The molecule has 2 heterocycles. The lowest BCUT2D eigenvalue weighted by molar-refractivity contribution is 0.00242. The summed E-state index contributed by atoms with van der Waals surface area (Å²) in [5, 5.41) is 0.160. The van der Waals surface area contributed by atoms with E-state index in [1.165, 1.54) is 10.6 Å². The van der Waals surface area contributed by atoms with Gasteiger partial charge in [-0.05, 0) is 37.5 Å². The fraction of sp³-hybridized carbons (Fsp3) is 0.529. The molecule has 2 aliphatic rings. The fourth-order valence-corrected chi connectivity index (χ4v) is 4.21. The van der Waals surface area contributed by atoms with E-state index in [0.717, 1.165) is 6.07 Å². The van der Waals surface area contributed by atoms with Gasteiger partial charge in [-0.15, -0.1) is 0 Å². The summed E-state index contributed by atoms with van der Waals surface area (Å²) >= 11 is 0. The maximum atomic E-state index is 13.9. The Bertz CT molecular complexity index is 906. The molecular formula is C17H18F3N3O. The van der Waals surface area contributed by atoms with Gasteiger partial charge in [0.2, 0.25) is 5.92 Å². The van der Waals surface area contributed by atoms with E-state index >= 15 is 0 Å². The Kier molecular flexibility index (Phi) is 3.13. The number of hydrogen-bond acceptors (Lipinski definition) is 3. The number of hydrogen-bond donors (Lipinski definition) is 1. The Balaban J connectivity index is 2.01. The van der Waals surface area contributed by atoms with Crippen LogP contribution < -0.4 is 11.3 Å². The zero-order valence-electron chi connectivity index (χ0n) is 13.3. The molecule has 4 rings (SSSR count). The summed E-state index contributed by atoms with van der Waals surface area (Å²) in [4.78, 5) is 17.3. The van der Waals surface area contributed by atoms with Crippen molar-refractivity contribution >= 4 is 10.9 Å². The van der Waals surface area contributed by atoms with Crippen molar-refractivity contribution in [3.05, 3.63) is 39.7 Å². The lowest BCUT2D eigenvalue weighted by Gasteiger charge is -2.23. The van der Waals surface area contributed by atoms with Crippen LogP contribution in [-0.4, -0.2) is 15.5 Å². The van der Waals surface area contributed by atoms with Gasteiger partial charge in [-0.1, -0.05) is 0 Å². The van der Waals surface area contributed by atoms with Gasteiger partial charge in [-0.3, -0.25) is 9.36 Å². The van der Waals surface area contributed by atoms with Gasteiger partial charge in [-0.25, -0.2) is 18.2 Å². The van der Waals surface area contributed by atoms with Crippen LogP contribution in [0.3, 0.4) is 0 Å². The van der Waals surface area contributed by atoms with Crippen molar-refractivity contribution in [1.82, 2.24) is 9.55 Å².